The molecule has 0 saturated heterocycles. The van der Waals surface area contributed by atoms with Crippen molar-refractivity contribution in [2.75, 3.05) is 5.73 Å². The number of nitrogens with two attached hydrogens (primary N) is 1. The minimum Gasteiger partial charge on any atom is -0.398 e. The molecule has 0 amide bonds. The molecule has 3 rings (SSSR count). The van der Waals surface area contributed by atoms with E-state index in [1.807, 2.05) is 23.9 Å². The second-order valence-corrected chi connectivity index (χ2v) is 5.09. The van der Waals surface area contributed by atoms with E-state index >= 15 is 0 Å². The Bertz CT molecular complexity index is 536. The van der Waals surface area contributed by atoms with Crippen LogP contribution in [0, 0.1) is 0 Å². The Kier molecular flexibility index (Phi) is 2.54. The minimum absolute atomic E-state index is 0.642. The van der Waals surface area contributed by atoms with Gasteiger partial charge in [-0.1, -0.05) is 25.3 Å². The van der Waals surface area contributed by atoms with E-state index in [0.29, 0.717) is 5.92 Å². The van der Waals surface area contributed by atoms with E-state index in [9.17, 15) is 0 Å². The molecule has 0 aliphatic heterocycles. The molecule has 1 aliphatic rings. The molecule has 1 saturated carbocycles. The lowest BCUT2D eigenvalue weighted by Crippen LogP contribution is -2.10. The van der Waals surface area contributed by atoms with Crippen LogP contribution in [0.3, 0.4) is 0 Å². The van der Waals surface area contributed by atoms with Crippen LogP contribution in [0.15, 0.2) is 18.2 Å². The summed E-state index contributed by atoms with van der Waals surface area (Å²) >= 11 is 0. The van der Waals surface area contributed by atoms with Crippen LogP contribution < -0.4 is 5.73 Å². The molecule has 1 heterocycles. The third-order valence-electron chi connectivity index (χ3n) is 3.93. The van der Waals surface area contributed by atoms with Gasteiger partial charge in [0.25, 0.3) is 0 Å². The average molecular weight is 229 g/mol. The van der Waals surface area contributed by atoms with Crippen molar-refractivity contribution in [3.8, 4) is 0 Å². The molecule has 2 N–H and O–H groups in total. The zero-order valence-corrected chi connectivity index (χ0v) is 10.3. The van der Waals surface area contributed by atoms with Crippen molar-refractivity contribution in [1.82, 2.24) is 9.78 Å². The first-order chi connectivity index (χ1) is 8.27. The van der Waals surface area contributed by atoms with Crippen LogP contribution >= 0.6 is 0 Å². The zero-order chi connectivity index (χ0) is 11.8. The van der Waals surface area contributed by atoms with Crippen LogP contribution in [0.2, 0.25) is 0 Å². The SMILES string of the molecule is Cn1nc2cccc(N)c2c1C1CCCCC1. The van der Waals surface area contributed by atoms with Gasteiger partial charge in [0, 0.05) is 24.0 Å². The highest BCUT2D eigenvalue weighted by Crippen LogP contribution is 2.37. The molecule has 3 heteroatoms. The maximum absolute atomic E-state index is 6.12. The summed E-state index contributed by atoms with van der Waals surface area (Å²) < 4.78 is 2.04. The predicted molar refractivity (Wildman–Crippen MR) is 71.0 cm³/mol. The molecular formula is C14H19N3. The van der Waals surface area contributed by atoms with E-state index in [1.54, 1.807) is 0 Å². The number of hydrogen-bond acceptors (Lipinski definition) is 2. The average Bonchev–Trinajstić information content (AvgIpc) is 2.68. The zero-order valence-electron chi connectivity index (χ0n) is 10.3. The summed E-state index contributed by atoms with van der Waals surface area (Å²) in [5.74, 6) is 0.642. The van der Waals surface area contributed by atoms with Gasteiger partial charge in [-0.3, -0.25) is 4.68 Å². The number of rotatable bonds is 1. The normalized spacial score (nSPS) is 17.7. The van der Waals surface area contributed by atoms with Crippen molar-refractivity contribution < 1.29 is 0 Å². The minimum atomic E-state index is 0.642. The highest BCUT2D eigenvalue weighted by molar-refractivity contribution is 5.93. The maximum Gasteiger partial charge on any atom is 0.0947 e. The highest BCUT2D eigenvalue weighted by Gasteiger charge is 2.22. The Labute approximate surface area is 102 Å². The van der Waals surface area contributed by atoms with Gasteiger partial charge in [-0.2, -0.15) is 5.10 Å². The molecule has 0 radical (unpaired) electrons. The smallest absolute Gasteiger partial charge is 0.0947 e. The number of anilines is 1. The van der Waals surface area contributed by atoms with Crippen LogP contribution in [0.25, 0.3) is 10.9 Å². The summed E-state index contributed by atoms with van der Waals surface area (Å²) in [5, 5.41) is 5.77. The number of nitrogens with zero attached hydrogens (tertiary/aromatic N) is 2. The summed E-state index contributed by atoms with van der Waals surface area (Å²) in [6.45, 7) is 0. The van der Waals surface area contributed by atoms with E-state index < -0.39 is 0 Å². The second-order valence-electron chi connectivity index (χ2n) is 5.09. The van der Waals surface area contributed by atoms with E-state index in [1.165, 1.54) is 43.2 Å². The summed E-state index contributed by atoms with van der Waals surface area (Å²) in [7, 11) is 2.05. The monoisotopic (exact) mass is 229 g/mol. The van der Waals surface area contributed by atoms with Gasteiger partial charge in [-0.05, 0) is 25.0 Å². The topological polar surface area (TPSA) is 43.8 Å². The van der Waals surface area contributed by atoms with Crippen molar-refractivity contribution in [2.24, 2.45) is 7.05 Å². The van der Waals surface area contributed by atoms with Crippen LogP contribution in [0.1, 0.15) is 43.7 Å². The van der Waals surface area contributed by atoms with Crippen molar-refractivity contribution >= 4 is 16.6 Å². The fraction of sp³-hybridized carbons (Fsp3) is 0.500. The molecule has 3 nitrogen and oxygen atoms in total. The lowest BCUT2D eigenvalue weighted by atomic mass is 9.85. The van der Waals surface area contributed by atoms with Gasteiger partial charge < -0.3 is 5.73 Å². The first-order valence-corrected chi connectivity index (χ1v) is 6.48. The van der Waals surface area contributed by atoms with E-state index in [2.05, 4.69) is 11.2 Å². The van der Waals surface area contributed by atoms with E-state index in [0.717, 1.165) is 11.2 Å². The highest BCUT2D eigenvalue weighted by atomic mass is 15.3. The second kappa shape index (κ2) is 4.06. The third-order valence-corrected chi connectivity index (χ3v) is 3.93. The molecule has 17 heavy (non-hydrogen) atoms. The summed E-state index contributed by atoms with van der Waals surface area (Å²) in [4.78, 5) is 0. The van der Waals surface area contributed by atoms with Crippen LogP contribution in [0.5, 0.6) is 0 Å². The Morgan fingerprint density at radius 1 is 1.24 bits per heavy atom. The van der Waals surface area contributed by atoms with Gasteiger partial charge in [-0.25, -0.2) is 0 Å². The fourth-order valence-corrected chi connectivity index (χ4v) is 3.14. The van der Waals surface area contributed by atoms with Gasteiger partial charge >= 0.3 is 0 Å². The Balaban J connectivity index is 2.16. The van der Waals surface area contributed by atoms with Crippen molar-refractivity contribution in [2.45, 2.75) is 38.0 Å². The predicted octanol–water partition coefficient (Wildman–Crippen LogP) is 3.20. The van der Waals surface area contributed by atoms with Gasteiger partial charge in [0.15, 0.2) is 0 Å². The maximum atomic E-state index is 6.12. The van der Waals surface area contributed by atoms with Crippen LogP contribution in [0.4, 0.5) is 5.69 Å². The summed E-state index contributed by atoms with van der Waals surface area (Å²) in [5.41, 5.74) is 9.38. The molecule has 1 aromatic carbocycles. The molecule has 90 valence electrons. The molecule has 0 spiro atoms. The number of aromatic nitrogens is 2. The lowest BCUT2D eigenvalue weighted by molar-refractivity contribution is 0.426. The van der Waals surface area contributed by atoms with E-state index in [-0.39, 0.29) is 0 Å². The Morgan fingerprint density at radius 3 is 2.76 bits per heavy atom. The molecule has 1 aromatic heterocycles. The molecule has 1 aliphatic carbocycles. The Hall–Kier alpha value is -1.51. The molecule has 0 bridgehead atoms. The number of aryl methyl sites for hydroxylation is 1. The molecule has 1 fully saturated rings. The van der Waals surface area contributed by atoms with Gasteiger partial charge in [-0.15, -0.1) is 0 Å². The Morgan fingerprint density at radius 2 is 2.00 bits per heavy atom. The molecule has 2 aromatic rings. The van der Waals surface area contributed by atoms with Crippen LogP contribution in [-0.4, -0.2) is 9.78 Å². The number of hydrogen-bond donors (Lipinski definition) is 1. The van der Waals surface area contributed by atoms with Crippen molar-refractivity contribution in [1.29, 1.82) is 0 Å². The quantitative estimate of drug-likeness (QED) is 0.763. The largest absolute Gasteiger partial charge is 0.398 e. The first kappa shape index (κ1) is 10.6. The number of benzene rings is 1. The fourth-order valence-electron chi connectivity index (χ4n) is 3.14. The van der Waals surface area contributed by atoms with Crippen LogP contribution in [-0.2, 0) is 7.05 Å². The molecular weight excluding hydrogens is 210 g/mol. The molecule has 0 unspecified atom stereocenters. The lowest BCUT2D eigenvalue weighted by Gasteiger charge is -2.22. The van der Waals surface area contributed by atoms with Crippen molar-refractivity contribution in [3.05, 3.63) is 23.9 Å². The van der Waals surface area contributed by atoms with Crippen molar-refractivity contribution in [3.63, 3.8) is 0 Å². The first-order valence-electron chi connectivity index (χ1n) is 6.48. The van der Waals surface area contributed by atoms with Gasteiger partial charge in [0.2, 0.25) is 0 Å². The summed E-state index contributed by atoms with van der Waals surface area (Å²) in [6, 6.07) is 6.02. The van der Waals surface area contributed by atoms with Gasteiger partial charge in [0.05, 0.1) is 11.2 Å². The molecule has 0 atom stereocenters. The summed E-state index contributed by atoms with van der Waals surface area (Å²) in [6.07, 6.45) is 6.61. The third kappa shape index (κ3) is 1.70. The standard InChI is InChI=1S/C14H19N3/c1-17-14(10-6-3-2-4-7-10)13-11(15)8-5-9-12(13)16-17/h5,8-10H,2-4,6-7,15H2,1H3. The number of fused-ring (bicyclic) bond motifs is 1. The number of nitrogen functional groups attached to an aromatic ring is 1. The van der Waals surface area contributed by atoms with Gasteiger partial charge in [0.1, 0.15) is 0 Å². The van der Waals surface area contributed by atoms with E-state index in [4.69, 9.17) is 5.73 Å².